The lowest BCUT2D eigenvalue weighted by atomic mass is 10.2. The third kappa shape index (κ3) is 4.02. The van der Waals surface area contributed by atoms with Gasteiger partial charge in [-0.15, -0.1) is 11.3 Å². The standard InChI is InChI=1S/C14H16ClNS2/c1-10(2)16-9-11-5-6-13(12(15)8-11)18-14-4-3-7-17-14/h3-8,10,16H,9H2,1-2H3. The molecular formula is C14H16ClNS2. The smallest absolute Gasteiger partial charge is 0.0646 e. The fraction of sp³-hybridized carbons (Fsp3) is 0.286. The summed E-state index contributed by atoms with van der Waals surface area (Å²) in [6.07, 6.45) is 0. The lowest BCUT2D eigenvalue weighted by Gasteiger charge is -2.09. The van der Waals surface area contributed by atoms with Gasteiger partial charge in [-0.25, -0.2) is 0 Å². The van der Waals surface area contributed by atoms with Gasteiger partial charge < -0.3 is 5.32 Å². The largest absolute Gasteiger partial charge is 0.310 e. The summed E-state index contributed by atoms with van der Waals surface area (Å²) in [6, 6.07) is 10.9. The second-order valence-electron chi connectivity index (χ2n) is 4.33. The van der Waals surface area contributed by atoms with Crippen LogP contribution in [0.3, 0.4) is 0 Å². The molecule has 0 aliphatic heterocycles. The zero-order chi connectivity index (χ0) is 13.0. The maximum atomic E-state index is 6.32. The van der Waals surface area contributed by atoms with Gasteiger partial charge in [-0.2, -0.15) is 0 Å². The van der Waals surface area contributed by atoms with Crippen molar-refractivity contribution in [1.29, 1.82) is 0 Å². The molecule has 1 nitrogen and oxygen atoms in total. The highest BCUT2D eigenvalue weighted by Crippen LogP contribution is 2.36. The van der Waals surface area contributed by atoms with E-state index in [1.165, 1.54) is 9.77 Å². The normalized spacial score (nSPS) is 11.1. The highest BCUT2D eigenvalue weighted by molar-refractivity contribution is 8.01. The van der Waals surface area contributed by atoms with E-state index in [1.54, 1.807) is 23.1 Å². The van der Waals surface area contributed by atoms with Crippen molar-refractivity contribution in [1.82, 2.24) is 5.32 Å². The minimum absolute atomic E-state index is 0.490. The Morgan fingerprint density at radius 3 is 2.78 bits per heavy atom. The predicted octanol–water partition coefficient (Wildman–Crippen LogP) is 5.05. The average Bonchev–Trinajstić information content (AvgIpc) is 2.82. The van der Waals surface area contributed by atoms with Crippen LogP contribution >= 0.6 is 34.7 Å². The van der Waals surface area contributed by atoms with E-state index >= 15 is 0 Å². The van der Waals surface area contributed by atoms with E-state index in [2.05, 4.69) is 48.8 Å². The summed E-state index contributed by atoms with van der Waals surface area (Å²) in [5.41, 5.74) is 1.23. The van der Waals surface area contributed by atoms with Gasteiger partial charge in [-0.05, 0) is 29.1 Å². The van der Waals surface area contributed by atoms with Crippen molar-refractivity contribution in [2.75, 3.05) is 0 Å². The van der Waals surface area contributed by atoms with Gasteiger partial charge >= 0.3 is 0 Å². The summed E-state index contributed by atoms with van der Waals surface area (Å²) in [5, 5.41) is 6.30. The number of nitrogens with one attached hydrogen (secondary N) is 1. The molecule has 96 valence electrons. The summed E-state index contributed by atoms with van der Waals surface area (Å²) in [6.45, 7) is 5.15. The van der Waals surface area contributed by atoms with Crippen molar-refractivity contribution in [3.63, 3.8) is 0 Å². The zero-order valence-corrected chi connectivity index (χ0v) is 12.8. The van der Waals surface area contributed by atoms with Crippen molar-refractivity contribution in [3.8, 4) is 0 Å². The molecule has 18 heavy (non-hydrogen) atoms. The Labute approximate surface area is 122 Å². The monoisotopic (exact) mass is 297 g/mol. The van der Waals surface area contributed by atoms with Crippen molar-refractivity contribution in [3.05, 3.63) is 46.3 Å². The summed E-state index contributed by atoms with van der Waals surface area (Å²) in [4.78, 5) is 1.12. The van der Waals surface area contributed by atoms with E-state index in [4.69, 9.17) is 11.6 Å². The fourth-order valence-electron chi connectivity index (χ4n) is 1.49. The molecule has 0 fully saturated rings. The maximum absolute atomic E-state index is 6.32. The lowest BCUT2D eigenvalue weighted by molar-refractivity contribution is 0.589. The van der Waals surface area contributed by atoms with Crippen molar-refractivity contribution < 1.29 is 0 Å². The fourth-order valence-corrected chi connectivity index (χ4v) is 3.54. The number of hydrogen-bond acceptors (Lipinski definition) is 3. The van der Waals surface area contributed by atoms with E-state index in [9.17, 15) is 0 Å². The number of rotatable bonds is 5. The molecule has 0 aliphatic rings. The van der Waals surface area contributed by atoms with E-state index in [-0.39, 0.29) is 0 Å². The third-order valence-corrected chi connectivity index (χ3v) is 4.95. The topological polar surface area (TPSA) is 12.0 Å². The molecule has 0 saturated carbocycles. The molecule has 1 aromatic carbocycles. The first-order valence-electron chi connectivity index (χ1n) is 5.88. The lowest BCUT2D eigenvalue weighted by Crippen LogP contribution is -2.21. The molecular weight excluding hydrogens is 282 g/mol. The van der Waals surface area contributed by atoms with Crippen LogP contribution in [0.15, 0.2) is 44.8 Å². The van der Waals surface area contributed by atoms with E-state index < -0.39 is 0 Å². The quantitative estimate of drug-likeness (QED) is 0.829. The van der Waals surface area contributed by atoms with Crippen LogP contribution in [0, 0.1) is 0 Å². The molecule has 1 N–H and O–H groups in total. The van der Waals surface area contributed by atoms with Crippen LogP contribution in [0.25, 0.3) is 0 Å². The first-order valence-corrected chi connectivity index (χ1v) is 7.96. The number of thiophene rings is 1. The van der Waals surface area contributed by atoms with Gasteiger partial charge in [0, 0.05) is 17.5 Å². The SMILES string of the molecule is CC(C)NCc1ccc(Sc2cccs2)c(Cl)c1. The molecule has 0 unspecified atom stereocenters. The predicted molar refractivity (Wildman–Crippen MR) is 81.9 cm³/mol. The van der Waals surface area contributed by atoms with Gasteiger partial charge in [-0.1, -0.05) is 49.3 Å². The van der Waals surface area contributed by atoms with Crippen molar-refractivity contribution in [2.45, 2.75) is 35.5 Å². The van der Waals surface area contributed by atoms with E-state index in [0.717, 1.165) is 16.5 Å². The molecule has 2 aromatic rings. The Morgan fingerprint density at radius 1 is 1.33 bits per heavy atom. The van der Waals surface area contributed by atoms with Gasteiger partial charge in [0.25, 0.3) is 0 Å². The molecule has 0 spiro atoms. The van der Waals surface area contributed by atoms with Gasteiger partial charge in [0.05, 0.1) is 9.23 Å². The van der Waals surface area contributed by atoms with Crippen LogP contribution in [-0.2, 0) is 6.54 Å². The Balaban J connectivity index is 2.05. The van der Waals surface area contributed by atoms with Crippen molar-refractivity contribution >= 4 is 34.7 Å². The number of hydrogen-bond donors (Lipinski definition) is 1. The van der Waals surface area contributed by atoms with Crippen molar-refractivity contribution in [2.24, 2.45) is 0 Å². The van der Waals surface area contributed by atoms with Crippen LogP contribution in [0.4, 0.5) is 0 Å². The van der Waals surface area contributed by atoms with Crippen LogP contribution in [-0.4, -0.2) is 6.04 Å². The molecule has 0 aliphatic carbocycles. The molecule has 1 aromatic heterocycles. The highest BCUT2D eigenvalue weighted by atomic mass is 35.5. The maximum Gasteiger partial charge on any atom is 0.0646 e. The van der Waals surface area contributed by atoms with E-state index in [0.29, 0.717) is 6.04 Å². The van der Waals surface area contributed by atoms with Gasteiger partial charge in [0.1, 0.15) is 0 Å². The van der Waals surface area contributed by atoms with Gasteiger partial charge in [0.2, 0.25) is 0 Å². The van der Waals surface area contributed by atoms with Crippen LogP contribution in [0.2, 0.25) is 5.02 Å². The molecule has 0 amide bonds. The number of halogens is 1. The molecule has 0 bridgehead atoms. The second-order valence-corrected chi connectivity index (χ2v) is 7.03. The van der Waals surface area contributed by atoms with Gasteiger partial charge in [-0.3, -0.25) is 0 Å². The van der Waals surface area contributed by atoms with Gasteiger partial charge in [0.15, 0.2) is 0 Å². The zero-order valence-electron chi connectivity index (χ0n) is 10.4. The molecule has 1 heterocycles. The number of benzene rings is 1. The minimum atomic E-state index is 0.490. The Morgan fingerprint density at radius 2 is 2.17 bits per heavy atom. The molecule has 2 rings (SSSR count). The summed E-state index contributed by atoms with van der Waals surface area (Å²) >= 11 is 9.77. The summed E-state index contributed by atoms with van der Waals surface area (Å²) in [5.74, 6) is 0. The Bertz CT molecular complexity index is 495. The molecule has 0 radical (unpaired) electrons. The highest BCUT2D eigenvalue weighted by Gasteiger charge is 2.05. The Kier molecular flexibility index (Phi) is 5.13. The molecule has 4 heteroatoms. The summed E-state index contributed by atoms with van der Waals surface area (Å²) in [7, 11) is 0. The third-order valence-electron chi connectivity index (χ3n) is 2.42. The van der Waals surface area contributed by atoms with Crippen LogP contribution < -0.4 is 5.32 Å². The molecule has 0 saturated heterocycles. The van der Waals surface area contributed by atoms with E-state index in [1.807, 2.05) is 6.07 Å². The second kappa shape index (κ2) is 6.62. The summed E-state index contributed by atoms with van der Waals surface area (Å²) < 4.78 is 1.27. The van der Waals surface area contributed by atoms with Crippen LogP contribution in [0.1, 0.15) is 19.4 Å². The van der Waals surface area contributed by atoms with Crippen LogP contribution in [0.5, 0.6) is 0 Å². The molecule has 0 atom stereocenters. The Hall–Kier alpha value is -0.480. The minimum Gasteiger partial charge on any atom is -0.310 e. The average molecular weight is 298 g/mol. The first-order chi connectivity index (χ1) is 8.65. The first kappa shape index (κ1) is 13.9.